The van der Waals surface area contributed by atoms with Gasteiger partial charge in [-0.05, 0) is 67.1 Å². The normalized spacial score (nSPS) is 23.6. The molecule has 3 N–H and O–H groups in total. The van der Waals surface area contributed by atoms with Crippen LogP contribution in [0.1, 0.15) is 59.1 Å². The van der Waals surface area contributed by atoms with Gasteiger partial charge in [0.2, 0.25) is 11.9 Å². The first kappa shape index (κ1) is 23.7. The SMILES string of the molecule is O=C(Nc1nc2ccccc2[nH]1)[C@@H]1c2ccccc2C(=O)N([C@H]2CC[C@H](O)CC2)[C@H]1c1ccc(Cl)cc1. The summed E-state index contributed by atoms with van der Waals surface area (Å²) in [4.78, 5) is 37.6. The van der Waals surface area contributed by atoms with Crippen molar-refractivity contribution in [1.29, 1.82) is 0 Å². The fraction of sp³-hybridized carbons (Fsp3) is 0.276. The van der Waals surface area contributed by atoms with Gasteiger partial charge in [-0.1, -0.05) is 54.1 Å². The summed E-state index contributed by atoms with van der Waals surface area (Å²) in [6.45, 7) is 0. The third kappa shape index (κ3) is 4.38. The second-order valence-corrected chi connectivity index (χ2v) is 10.3. The molecule has 7 nitrogen and oxygen atoms in total. The number of benzene rings is 3. The van der Waals surface area contributed by atoms with Crippen LogP contribution in [0, 0.1) is 0 Å². The van der Waals surface area contributed by atoms with E-state index in [-0.39, 0.29) is 24.0 Å². The molecule has 0 saturated heterocycles. The molecule has 0 bridgehead atoms. The molecular formula is C29H27ClN4O3. The molecule has 2 heterocycles. The molecular weight excluding hydrogens is 488 g/mol. The van der Waals surface area contributed by atoms with Crippen molar-refractivity contribution in [3.05, 3.63) is 94.5 Å². The first-order valence-electron chi connectivity index (χ1n) is 12.6. The topological polar surface area (TPSA) is 98.3 Å². The number of carbonyl (C=O) groups is 2. The Morgan fingerprint density at radius 3 is 2.43 bits per heavy atom. The molecule has 0 spiro atoms. The zero-order valence-electron chi connectivity index (χ0n) is 20.1. The zero-order chi connectivity index (χ0) is 25.5. The fourth-order valence-electron chi connectivity index (χ4n) is 5.79. The van der Waals surface area contributed by atoms with Crippen molar-refractivity contribution < 1.29 is 14.7 Å². The molecule has 2 amide bonds. The fourth-order valence-corrected chi connectivity index (χ4v) is 5.92. The van der Waals surface area contributed by atoms with Crippen molar-refractivity contribution in [3.8, 4) is 0 Å². The van der Waals surface area contributed by atoms with Crippen LogP contribution in [0.2, 0.25) is 5.02 Å². The lowest BCUT2D eigenvalue weighted by Gasteiger charge is -2.47. The molecule has 8 heteroatoms. The van der Waals surface area contributed by atoms with E-state index < -0.39 is 12.0 Å². The highest BCUT2D eigenvalue weighted by Gasteiger charge is 2.47. The molecule has 1 aliphatic heterocycles. The maximum atomic E-state index is 14.1. The van der Waals surface area contributed by atoms with Crippen LogP contribution in [0.5, 0.6) is 0 Å². The van der Waals surface area contributed by atoms with E-state index in [4.69, 9.17) is 11.6 Å². The second-order valence-electron chi connectivity index (χ2n) is 9.83. The van der Waals surface area contributed by atoms with Gasteiger partial charge in [-0.2, -0.15) is 0 Å². The molecule has 6 rings (SSSR count). The van der Waals surface area contributed by atoms with Crippen molar-refractivity contribution >= 4 is 40.4 Å². The lowest BCUT2D eigenvalue weighted by Crippen LogP contribution is -2.51. The summed E-state index contributed by atoms with van der Waals surface area (Å²) in [6, 6.07) is 21.7. The van der Waals surface area contributed by atoms with Crippen molar-refractivity contribution in [1.82, 2.24) is 14.9 Å². The van der Waals surface area contributed by atoms with Gasteiger partial charge in [-0.3, -0.25) is 14.9 Å². The molecule has 0 unspecified atom stereocenters. The van der Waals surface area contributed by atoms with Crippen molar-refractivity contribution in [2.45, 2.75) is 49.8 Å². The molecule has 1 aliphatic carbocycles. The Morgan fingerprint density at radius 2 is 1.68 bits per heavy atom. The van der Waals surface area contributed by atoms with Crippen LogP contribution in [-0.4, -0.2) is 43.9 Å². The van der Waals surface area contributed by atoms with Gasteiger partial charge in [0.1, 0.15) is 0 Å². The third-order valence-electron chi connectivity index (χ3n) is 7.56. The minimum absolute atomic E-state index is 0.0913. The molecule has 2 atom stereocenters. The maximum absolute atomic E-state index is 14.1. The third-order valence-corrected chi connectivity index (χ3v) is 7.81. The van der Waals surface area contributed by atoms with E-state index in [0.29, 0.717) is 47.8 Å². The smallest absolute Gasteiger partial charge is 0.254 e. The lowest BCUT2D eigenvalue weighted by molar-refractivity contribution is -0.119. The van der Waals surface area contributed by atoms with Gasteiger partial charge in [0.25, 0.3) is 5.91 Å². The molecule has 0 radical (unpaired) electrons. The largest absolute Gasteiger partial charge is 0.393 e. The van der Waals surface area contributed by atoms with Gasteiger partial charge >= 0.3 is 0 Å². The number of rotatable bonds is 4. The quantitative estimate of drug-likeness (QED) is 0.338. The predicted octanol–water partition coefficient (Wildman–Crippen LogP) is 5.44. The average Bonchev–Trinajstić information content (AvgIpc) is 3.32. The number of para-hydroxylation sites is 2. The summed E-state index contributed by atoms with van der Waals surface area (Å²) in [6.07, 6.45) is 2.25. The van der Waals surface area contributed by atoms with Gasteiger partial charge in [0, 0.05) is 16.6 Å². The average molecular weight is 515 g/mol. The number of aromatic nitrogens is 2. The molecule has 3 aromatic carbocycles. The second kappa shape index (κ2) is 9.65. The highest BCUT2D eigenvalue weighted by atomic mass is 35.5. The summed E-state index contributed by atoms with van der Waals surface area (Å²) in [5, 5.41) is 13.7. The van der Waals surface area contributed by atoms with Crippen LogP contribution >= 0.6 is 11.6 Å². The number of carbonyl (C=O) groups excluding carboxylic acids is 2. The number of anilines is 1. The van der Waals surface area contributed by atoms with E-state index >= 15 is 0 Å². The number of hydrogen-bond acceptors (Lipinski definition) is 4. The number of aliphatic hydroxyl groups excluding tert-OH is 1. The Balaban J connectivity index is 1.46. The van der Waals surface area contributed by atoms with Gasteiger partial charge in [-0.15, -0.1) is 0 Å². The van der Waals surface area contributed by atoms with Crippen LogP contribution in [0.25, 0.3) is 11.0 Å². The monoisotopic (exact) mass is 514 g/mol. The van der Waals surface area contributed by atoms with E-state index in [9.17, 15) is 14.7 Å². The van der Waals surface area contributed by atoms with E-state index in [0.717, 1.165) is 16.6 Å². The first-order valence-corrected chi connectivity index (χ1v) is 13.0. The lowest BCUT2D eigenvalue weighted by atomic mass is 9.77. The Kier molecular flexibility index (Phi) is 6.18. The summed E-state index contributed by atoms with van der Waals surface area (Å²) >= 11 is 6.21. The number of halogens is 1. The van der Waals surface area contributed by atoms with Crippen LogP contribution < -0.4 is 5.32 Å². The Bertz CT molecular complexity index is 1430. The number of amides is 2. The van der Waals surface area contributed by atoms with Gasteiger partial charge in [0.15, 0.2) is 0 Å². The van der Waals surface area contributed by atoms with E-state index in [1.807, 2.05) is 59.5 Å². The zero-order valence-corrected chi connectivity index (χ0v) is 20.9. The number of hydrogen-bond donors (Lipinski definition) is 3. The number of H-pyrrole nitrogens is 1. The van der Waals surface area contributed by atoms with Crippen LogP contribution in [0.15, 0.2) is 72.8 Å². The number of nitrogens with zero attached hydrogens (tertiary/aromatic N) is 2. The maximum Gasteiger partial charge on any atom is 0.254 e. The number of aliphatic hydroxyl groups is 1. The molecule has 1 saturated carbocycles. The number of aromatic amines is 1. The summed E-state index contributed by atoms with van der Waals surface area (Å²) in [7, 11) is 0. The Labute approximate surface area is 219 Å². The van der Waals surface area contributed by atoms with Gasteiger partial charge in [0.05, 0.1) is 29.1 Å². The highest BCUT2D eigenvalue weighted by Crippen LogP contribution is 2.46. The Morgan fingerprint density at radius 1 is 0.973 bits per heavy atom. The molecule has 4 aromatic rings. The summed E-state index contributed by atoms with van der Waals surface area (Å²) in [5.74, 6) is -0.651. The van der Waals surface area contributed by atoms with Crippen LogP contribution in [0.4, 0.5) is 5.95 Å². The standard InChI is InChI=1S/C29H27ClN4O3/c30-18-11-9-17(10-12-18)26-25(27(36)33-29-31-23-7-3-4-8-24(23)32-29)21-5-1-2-6-22(21)28(37)34(26)19-13-15-20(35)16-14-19/h1-12,19-20,25-26,35H,13-16H2,(H2,31,32,33,36)/t19-,20-,25-,26+/m1/s1. The Hall–Kier alpha value is -3.68. The molecule has 37 heavy (non-hydrogen) atoms. The predicted molar refractivity (Wildman–Crippen MR) is 143 cm³/mol. The van der Waals surface area contributed by atoms with Gasteiger partial charge < -0.3 is 15.0 Å². The number of fused-ring (bicyclic) bond motifs is 2. The van der Waals surface area contributed by atoms with Crippen LogP contribution in [-0.2, 0) is 4.79 Å². The van der Waals surface area contributed by atoms with Crippen molar-refractivity contribution in [2.75, 3.05) is 5.32 Å². The van der Waals surface area contributed by atoms with Gasteiger partial charge in [-0.25, -0.2) is 4.98 Å². The molecule has 2 aliphatic rings. The van der Waals surface area contributed by atoms with E-state index in [1.165, 1.54) is 0 Å². The highest BCUT2D eigenvalue weighted by molar-refractivity contribution is 6.30. The number of nitrogens with one attached hydrogen (secondary N) is 2. The van der Waals surface area contributed by atoms with Crippen LogP contribution in [0.3, 0.4) is 0 Å². The van der Waals surface area contributed by atoms with E-state index in [1.54, 1.807) is 18.2 Å². The van der Waals surface area contributed by atoms with E-state index in [2.05, 4.69) is 15.3 Å². The molecule has 188 valence electrons. The van der Waals surface area contributed by atoms with Crippen molar-refractivity contribution in [2.24, 2.45) is 0 Å². The summed E-state index contributed by atoms with van der Waals surface area (Å²) < 4.78 is 0. The number of imidazole rings is 1. The molecule has 1 fully saturated rings. The minimum atomic E-state index is -0.671. The summed E-state index contributed by atoms with van der Waals surface area (Å²) in [5.41, 5.74) is 3.64. The first-order chi connectivity index (χ1) is 18.0. The van der Waals surface area contributed by atoms with Crippen molar-refractivity contribution in [3.63, 3.8) is 0 Å². The molecule has 1 aromatic heterocycles. The minimum Gasteiger partial charge on any atom is -0.393 e.